The van der Waals surface area contributed by atoms with Gasteiger partial charge >= 0.3 is 6.18 Å². The number of methoxy groups -OCH3 is 1. The summed E-state index contributed by atoms with van der Waals surface area (Å²) in [7, 11) is 1.48. The number of aromatic nitrogens is 2. The van der Waals surface area contributed by atoms with Crippen LogP contribution in [-0.2, 0) is 6.18 Å². The Bertz CT molecular complexity index is 1020. The number of hydrogen-bond donors (Lipinski definition) is 2. The fourth-order valence-corrected chi connectivity index (χ4v) is 2.42. The number of halogens is 3. The van der Waals surface area contributed by atoms with E-state index in [2.05, 4.69) is 20.5 Å². The van der Waals surface area contributed by atoms with Crippen LogP contribution < -0.4 is 10.2 Å². The monoisotopic (exact) mass is 376 g/mol. The van der Waals surface area contributed by atoms with Gasteiger partial charge in [-0.15, -0.1) is 0 Å². The fraction of sp³-hybridized carbons (Fsp3) is 0.167. The molecule has 27 heavy (non-hydrogen) atoms. The Morgan fingerprint density at radius 3 is 2.59 bits per heavy atom. The fourth-order valence-electron chi connectivity index (χ4n) is 2.42. The third-order valence-corrected chi connectivity index (χ3v) is 3.78. The van der Waals surface area contributed by atoms with Gasteiger partial charge in [-0.2, -0.15) is 18.3 Å². The van der Waals surface area contributed by atoms with Gasteiger partial charge in [-0.05, 0) is 37.3 Å². The molecule has 0 atom stereocenters. The molecule has 140 valence electrons. The Hall–Kier alpha value is -3.36. The van der Waals surface area contributed by atoms with Crippen LogP contribution in [0.2, 0.25) is 0 Å². The number of anilines is 1. The highest BCUT2D eigenvalue weighted by Crippen LogP contribution is 2.30. The van der Waals surface area contributed by atoms with Gasteiger partial charge in [-0.25, -0.2) is 9.97 Å². The second kappa shape index (κ2) is 7.10. The normalized spacial score (nSPS) is 12.3. The van der Waals surface area contributed by atoms with Crippen molar-refractivity contribution in [1.82, 2.24) is 9.97 Å². The van der Waals surface area contributed by atoms with Crippen LogP contribution in [0.3, 0.4) is 0 Å². The lowest BCUT2D eigenvalue weighted by atomic mass is 10.1. The molecule has 0 unspecified atom stereocenters. The predicted molar refractivity (Wildman–Crippen MR) is 95.0 cm³/mol. The maximum atomic E-state index is 13.1. The lowest BCUT2D eigenvalue weighted by Crippen LogP contribution is -2.13. The van der Waals surface area contributed by atoms with Gasteiger partial charge in [0.1, 0.15) is 11.5 Å². The van der Waals surface area contributed by atoms with Crippen molar-refractivity contribution in [2.75, 3.05) is 12.5 Å². The van der Waals surface area contributed by atoms with E-state index in [0.717, 1.165) is 0 Å². The Morgan fingerprint density at radius 2 is 1.89 bits per heavy atom. The first-order valence-corrected chi connectivity index (χ1v) is 7.81. The highest BCUT2D eigenvalue weighted by molar-refractivity contribution is 6.02. The van der Waals surface area contributed by atoms with Crippen LogP contribution in [0.4, 0.5) is 19.0 Å². The van der Waals surface area contributed by atoms with Crippen molar-refractivity contribution in [2.24, 2.45) is 5.10 Å². The number of aromatic hydroxyl groups is 1. The molecule has 0 aliphatic rings. The first kappa shape index (κ1) is 18.4. The van der Waals surface area contributed by atoms with Crippen LogP contribution in [-0.4, -0.2) is 27.9 Å². The van der Waals surface area contributed by atoms with E-state index in [1.807, 2.05) is 0 Å². The van der Waals surface area contributed by atoms with Crippen LogP contribution in [0.25, 0.3) is 10.9 Å². The minimum atomic E-state index is -4.69. The molecule has 6 nitrogen and oxygen atoms in total. The number of rotatable bonds is 4. The largest absolute Gasteiger partial charge is 0.507 e. The van der Waals surface area contributed by atoms with Crippen molar-refractivity contribution >= 4 is 22.4 Å². The second-order valence-electron chi connectivity index (χ2n) is 5.60. The predicted octanol–water partition coefficient (Wildman–Crippen LogP) is 4.20. The summed E-state index contributed by atoms with van der Waals surface area (Å²) >= 11 is 0. The topological polar surface area (TPSA) is 79.6 Å². The average Bonchev–Trinajstić information content (AvgIpc) is 2.65. The summed E-state index contributed by atoms with van der Waals surface area (Å²) in [5.74, 6) is -0.887. The summed E-state index contributed by atoms with van der Waals surface area (Å²) in [6.45, 7) is 1.59. The molecule has 2 N–H and O–H groups in total. The van der Waals surface area contributed by atoms with Gasteiger partial charge in [-0.3, -0.25) is 5.43 Å². The van der Waals surface area contributed by atoms with Gasteiger partial charge in [0.05, 0.1) is 18.3 Å². The molecule has 0 radical (unpaired) electrons. The highest BCUT2D eigenvalue weighted by Gasteiger charge is 2.35. The van der Waals surface area contributed by atoms with Crippen molar-refractivity contribution in [3.63, 3.8) is 0 Å². The molecule has 1 heterocycles. The van der Waals surface area contributed by atoms with E-state index in [-0.39, 0.29) is 17.1 Å². The second-order valence-corrected chi connectivity index (χ2v) is 5.60. The zero-order valence-electron chi connectivity index (χ0n) is 14.4. The molecule has 0 bridgehead atoms. The lowest BCUT2D eigenvalue weighted by molar-refractivity contribution is -0.144. The third-order valence-electron chi connectivity index (χ3n) is 3.78. The third kappa shape index (κ3) is 3.91. The van der Waals surface area contributed by atoms with Crippen LogP contribution in [0, 0.1) is 0 Å². The molecule has 3 rings (SSSR count). The molecule has 1 aromatic heterocycles. The summed E-state index contributed by atoms with van der Waals surface area (Å²) in [5.41, 5.74) is 3.39. The van der Waals surface area contributed by atoms with E-state index < -0.39 is 12.0 Å². The summed E-state index contributed by atoms with van der Waals surface area (Å²) in [6, 6.07) is 10.9. The zero-order valence-corrected chi connectivity index (χ0v) is 14.4. The molecular formula is C18H15F3N4O2. The van der Waals surface area contributed by atoms with Crippen molar-refractivity contribution in [3.05, 3.63) is 53.9 Å². The molecule has 0 amide bonds. The number of alkyl halides is 3. The van der Waals surface area contributed by atoms with Gasteiger partial charge < -0.3 is 9.84 Å². The number of ether oxygens (including phenoxy) is 1. The van der Waals surface area contributed by atoms with Crippen LogP contribution in [0.5, 0.6) is 11.5 Å². The number of nitrogens with one attached hydrogen (secondary N) is 1. The van der Waals surface area contributed by atoms with E-state index >= 15 is 0 Å². The maximum Gasteiger partial charge on any atom is 0.451 e. The highest BCUT2D eigenvalue weighted by atomic mass is 19.4. The van der Waals surface area contributed by atoms with Crippen molar-refractivity contribution in [3.8, 4) is 11.5 Å². The number of nitrogens with zero attached hydrogens (tertiary/aromatic N) is 3. The summed E-state index contributed by atoms with van der Waals surface area (Å²) in [6.07, 6.45) is -4.69. The first-order chi connectivity index (χ1) is 12.8. The van der Waals surface area contributed by atoms with Gasteiger partial charge in [0.25, 0.3) is 0 Å². The van der Waals surface area contributed by atoms with Gasteiger partial charge in [0.15, 0.2) is 5.82 Å². The van der Waals surface area contributed by atoms with E-state index in [0.29, 0.717) is 22.4 Å². The van der Waals surface area contributed by atoms with Crippen LogP contribution in [0.15, 0.2) is 47.6 Å². The standard InChI is InChI=1S/C18H15F3N4O2/c1-10(13-9-11(27-2)7-8-15(13)26)24-25-16-12-5-3-4-6-14(12)22-17(23-16)18(19,20)21/h3-9,26H,1-2H3,(H,22,23,25)/b24-10+. The lowest BCUT2D eigenvalue weighted by Gasteiger charge is -2.11. The Balaban J connectivity index is 2.02. The Morgan fingerprint density at radius 1 is 1.15 bits per heavy atom. The molecule has 0 fully saturated rings. The van der Waals surface area contributed by atoms with E-state index in [1.54, 1.807) is 37.3 Å². The average molecular weight is 376 g/mol. The number of benzene rings is 2. The minimum absolute atomic E-state index is 0.0395. The molecule has 2 aromatic carbocycles. The first-order valence-electron chi connectivity index (χ1n) is 7.81. The molecule has 3 aromatic rings. The molecule has 0 aliphatic carbocycles. The summed E-state index contributed by atoms with van der Waals surface area (Å²) < 4.78 is 44.3. The molecule has 0 spiro atoms. The van der Waals surface area contributed by atoms with Crippen molar-refractivity contribution in [1.29, 1.82) is 0 Å². The Labute approximate surface area is 152 Å². The maximum absolute atomic E-state index is 13.1. The Kier molecular flexibility index (Phi) is 4.85. The minimum Gasteiger partial charge on any atom is -0.507 e. The van der Waals surface area contributed by atoms with Crippen molar-refractivity contribution < 1.29 is 23.0 Å². The number of hydrogen-bond acceptors (Lipinski definition) is 6. The molecular weight excluding hydrogens is 361 g/mol. The molecule has 9 heteroatoms. The van der Waals surface area contributed by atoms with E-state index in [9.17, 15) is 18.3 Å². The molecule has 0 aliphatic heterocycles. The smallest absolute Gasteiger partial charge is 0.451 e. The number of para-hydroxylation sites is 1. The number of fused-ring (bicyclic) bond motifs is 1. The van der Waals surface area contributed by atoms with Crippen LogP contribution >= 0.6 is 0 Å². The quantitative estimate of drug-likeness (QED) is 0.527. The zero-order chi connectivity index (χ0) is 19.6. The van der Waals surface area contributed by atoms with E-state index in [1.165, 1.54) is 19.2 Å². The van der Waals surface area contributed by atoms with Gasteiger partial charge in [0.2, 0.25) is 5.82 Å². The molecule has 0 saturated carbocycles. The number of phenols is 1. The van der Waals surface area contributed by atoms with Gasteiger partial charge in [-0.1, -0.05) is 12.1 Å². The summed E-state index contributed by atoms with van der Waals surface area (Å²) in [4.78, 5) is 7.10. The van der Waals surface area contributed by atoms with Gasteiger partial charge in [0, 0.05) is 10.9 Å². The van der Waals surface area contributed by atoms with Crippen molar-refractivity contribution in [2.45, 2.75) is 13.1 Å². The molecule has 0 saturated heterocycles. The number of hydrazone groups is 1. The van der Waals surface area contributed by atoms with Crippen LogP contribution in [0.1, 0.15) is 18.3 Å². The van der Waals surface area contributed by atoms with E-state index in [4.69, 9.17) is 4.74 Å². The SMILES string of the molecule is COc1ccc(O)c(/C(C)=N/Nc2nc(C(F)(F)F)nc3ccccc23)c1. The number of phenolic OH excluding ortho intramolecular Hbond substituents is 1. The summed E-state index contributed by atoms with van der Waals surface area (Å²) in [5, 5.41) is 14.4.